The van der Waals surface area contributed by atoms with Crippen LogP contribution in [0.3, 0.4) is 0 Å². The molecular weight excluding hydrogens is 296 g/mol. The number of ether oxygens (including phenoxy) is 2. The number of nitrogens with one attached hydrogen (secondary N) is 1. The van der Waals surface area contributed by atoms with E-state index in [4.69, 9.17) is 14.0 Å². The van der Waals surface area contributed by atoms with E-state index in [1.54, 1.807) is 0 Å². The van der Waals surface area contributed by atoms with Gasteiger partial charge in [-0.05, 0) is 25.5 Å². The van der Waals surface area contributed by atoms with Crippen molar-refractivity contribution in [2.75, 3.05) is 18.5 Å². The van der Waals surface area contributed by atoms with Crippen LogP contribution in [0.5, 0.6) is 11.5 Å². The van der Waals surface area contributed by atoms with Crippen LogP contribution in [0.2, 0.25) is 0 Å². The number of rotatable bonds is 3. The summed E-state index contributed by atoms with van der Waals surface area (Å²) in [5.74, 6) is 2.79. The highest BCUT2D eigenvalue weighted by Crippen LogP contribution is 2.34. The van der Waals surface area contributed by atoms with Gasteiger partial charge in [0.2, 0.25) is 0 Å². The topological polar surface area (TPSA) is 82.3 Å². The number of nitrogens with zero attached hydrogens (tertiary/aromatic N) is 3. The van der Waals surface area contributed by atoms with Gasteiger partial charge in [0.15, 0.2) is 11.5 Å². The van der Waals surface area contributed by atoms with E-state index >= 15 is 0 Å². The lowest BCUT2D eigenvalue weighted by Crippen LogP contribution is -2.15. The zero-order valence-electron chi connectivity index (χ0n) is 12.9. The molecule has 1 aliphatic rings. The van der Waals surface area contributed by atoms with E-state index in [2.05, 4.69) is 20.4 Å². The van der Waals surface area contributed by atoms with E-state index in [0.29, 0.717) is 30.6 Å². The molecule has 0 saturated heterocycles. The van der Waals surface area contributed by atoms with E-state index in [-0.39, 0.29) is 0 Å². The fraction of sp³-hybridized carbons (Fsp3) is 0.312. The average Bonchev–Trinajstić information content (AvgIpc) is 2.97. The normalized spacial score (nSPS) is 13.3. The quantitative estimate of drug-likeness (QED) is 0.796. The van der Waals surface area contributed by atoms with Crippen LogP contribution in [-0.4, -0.2) is 28.3 Å². The lowest BCUT2D eigenvalue weighted by atomic mass is 10.2. The number of fused-ring (bicyclic) bond motifs is 2. The molecule has 1 aliphatic heterocycles. The van der Waals surface area contributed by atoms with Crippen LogP contribution in [0, 0.1) is 6.92 Å². The monoisotopic (exact) mass is 312 g/mol. The zero-order chi connectivity index (χ0) is 15.8. The van der Waals surface area contributed by atoms with E-state index in [0.717, 1.165) is 34.7 Å². The van der Waals surface area contributed by atoms with Crippen LogP contribution >= 0.6 is 0 Å². The highest BCUT2D eigenvalue weighted by molar-refractivity contribution is 5.89. The molecular formula is C16H16N4O3. The van der Waals surface area contributed by atoms with Gasteiger partial charge in [0.25, 0.3) is 5.71 Å². The number of aromatic nitrogens is 3. The van der Waals surface area contributed by atoms with Gasteiger partial charge in [-0.2, -0.15) is 4.98 Å². The molecule has 0 saturated carbocycles. The second-order valence-corrected chi connectivity index (χ2v) is 5.27. The standard InChI is InChI=1S/C16H16N4O3/c1-3-11-14-15(17-9(2)18-16(14)23-20-11)19-10-4-5-12-13(8-10)22-7-6-21-12/h4-5,8H,3,6-7H2,1-2H3,(H,17,18,19). The summed E-state index contributed by atoms with van der Waals surface area (Å²) >= 11 is 0. The molecule has 3 heterocycles. The zero-order valence-corrected chi connectivity index (χ0v) is 12.9. The van der Waals surface area contributed by atoms with Crippen molar-refractivity contribution in [3.05, 3.63) is 29.7 Å². The Balaban J connectivity index is 1.76. The van der Waals surface area contributed by atoms with Crippen molar-refractivity contribution in [3.63, 3.8) is 0 Å². The molecule has 0 atom stereocenters. The van der Waals surface area contributed by atoms with Crippen LogP contribution in [0.15, 0.2) is 22.7 Å². The van der Waals surface area contributed by atoms with Gasteiger partial charge in [-0.25, -0.2) is 4.98 Å². The van der Waals surface area contributed by atoms with Crippen LogP contribution < -0.4 is 14.8 Å². The largest absolute Gasteiger partial charge is 0.486 e. The first-order chi connectivity index (χ1) is 11.2. The molecule has 2 aromatic heterocycles. The van der Waals surface area contributed by atoms with Crippen LogP contribution in [0.25, 0.3) is 11.1 Å². The maximum atomic E-state index is 5.61. The van der Waals surface area contributed by atoms with Gasteiger partial charge >= 0.3 is 0 Å². The Labute approximate surface area is 132 Å². The van der Waals surface area contributed by atoms with Crippen molar-refractivity contribution in [2.45, 2.75) is 20.3 Å². The number of hydrogen-bond acceptors (Lipinski definition) is 7. The summed E-state index contributed by atoms with van der Waals surface area (Å²) in [5.41, 5.74) is 2.19. The molecule has 0 aliphatic carbocycles. The number of anilines is 2. The van der Waals surface area contributed by atoms with E-state index in [1.807, 2.05) is 32.0 Å². The van der Waals surface area contributed by atoms with Crippen molar-refractivity contribution in [1.29, 1.82) is 0 Å². The second kappa shape index (κ2) is 5.42. The number of benzene rings is 1. The predicted octanol–water partition coefficient (Wildman–Crippen LogP) is 3.00. The highest BCUT2D eigenvalue weighted by atomic mass is 16.6. The lowest BCUT2D eigenvalue weighted by molar-refractivity contribution is 0.171. The molecule has 23 heavy (non-hydrogen) atoms. The Hall–Kier alpha value is -2.83. The average molecular weight is 312 g/mol. The van der Waals surface area contributed by atoms with Crippen molar-refractivity contribution < 1.29 is 14.0 Å². The molecule has 0 radical (unpaired) electrons. The van der Waals surface area contributed by atoms with Gasteiger partial charge < -0.3 is 19.3 Å². The molecule has 0 bridgehead atoms. The molecule has 7 nitrogen and oxygen atoms in total. The molecule has 7 heteroatoms. The molecule has 0 fully saturated rings. The summed E-state index contributed by atoms with van der Waals surface area (Å²) in [4.78, 5) is 8.79. The fourth-order valence-corrected chi connectivity index (χ4v) is 2.61. The molecule has 3 aromatic rings. The van der Waals surface area contributed by atoms with Crippen LogP contribution in [-0.2, 0) is 6.42 Å². The first-order valence-corrected chi connectivity index (χ1v) is 7.54. The summed E-state index contributed by atoms with van der Waals surface area (Å²) in [5, 5.41) is 8.19. The lowest BCUT2D eigenvalue weighted by Gasteiger charge is -2.19. The third-order valence-electron chi connectivity index (χ3n) is 3.66. The Morgan fingerprint density at radius 2 is 1.96 bits per heavy atom. The smallest absolute Gasteiger partial charge is 0.263 e. The maximum Gasteiger partial charge on any atom is 0.263 e. The first kappa shape index (κ1) is 13.8. The Morgan fingerprint density at radius 1 is 1.13 bits per heavy atom. The van der Waals surface area contributed by atoms with E-state index in [1.165, 1.54) is 0 Å². The molecule has 4 rings (SSSR count). The van der Waals surface area contributed by atoms with Gasteiger partial charge in [-0.15, -0.1) is 0 Å². The number of aryl methyl sites for hydroxylation is 2. The third-order valence-corrected chi connectivity index (χ3v) is 3.66. The molecule has 0 spiro atoms. The summed E-state index contributed by atoms with van der Waals surface area (Å²) < 4.78 is 16.5. The summed E-state index contributed by atoms with van der Waals surface area (Å²) in [6, 6.07) is 5.71. The predicted molar refractivity (Wildman–Crippen MR) is 84.4 cm³/mol. The minimum absolute atomic E-state index is 0.495. The minimum atomic E-state index is 0.495. The molecule has 1 aromatic carbocycles. The van der Waals surface area contributed by atoms with E-state index in [9.17, 15) is 0 Å². The molecule has 1 N–H and O–H groups in total. The fourth-order valence-electron chi connectivity index (χ4n) is 2.61. The Bertz CT molecular complexity index is 875. The van der Waals surface area contributed by atoms with Gasteiger partial charge in [0, 0.05) is 11.8 Å². The minimum Gasteiger partial charge on any atom is -0.486 e. The Kier molecular flexibility index (Phi) is 3.25. The summed E-state index contributed by atoms with van der Waals surface area (Å²) in [7, 11) is 0. The second-order valence-electron chi connectivity index (χ2n) is 5.27. The van der Waals surface area contributed by atoms with Crippen LogP contribution in [0.1, 0.15) is 18.4 Å². The van der Waals surface area contributed by atoms with Crippen molar-refractivity contribution in [1.82, 2.24) is 15.1 Å². The summed E-state index contributed by atoms with van der Waals surface area (Å²) in [6.07, 6.45) is 0.745. The van der Waals surface area contributed by atoms with Gasteiger partial charge in [-0.3, -0.25) is 0 Å². The molecule has 0 amide bonds. The van der Waals surface area contributed by atoms with Crippen molar-refractivity contribution in [3.8, 4) is 11.5 Å². The third kappa shape index (κ3) is 2.44. The van der Waals surface area contributed by atoms with Gasteiger partial charge in [0.05, 0.1) is 5.69 Å². The van der Waals surface area contributed by atoms with Gasteiger partial charge in [-0.1, -0.05) is 12.1 Å². The summed E-state index contributed by atoms with van der Waals surface area (Å²) in [6.45, 7) is 4.97. The molecule has 118 valence electrons. The van der Waals surface area contributed by atoms with Crippen molar-refractivity contribution >= 4 is 22.6 Å². The Morgan fingerprint density at radius 3 is 2.78 bits per heavy atom. The van der Waals surface area contributed by atoms with Crippen molar-refractivity contribution in [2.24, 2.45) is 0 Å². The highest BCUT2D eigenvalue weighted by Gasteiger charge is 2.17. The maximum absolute atomic E-state index is 5.61. The molecule has 0 unspecified atom stereocenters. The number of hydrogen-bond donors (Lipinski definition) is 1. The van der Waals surface area contributed by atoms with Crippen LogP contribution in [0.4, 0.5) is 11.5 Å². The van der Waals surface area contributed by atoms with E-state index < -0.39 is 0 Å². The SMILES string of the molecule is CCc1noc2nc(C)nc(Nc3ccc4c(c3)OCCO4)c12. The first-order valence-electron chi connectivity index (χ1n) is 7.54. The van der Waals surface area contributed by atoms with Gasteiger partial charge in [0.1, 0.15) is 30.2 Å².